The fourth-order valence-corrected chi connectivity index (χ4v) is 2.71. The smallest absolute Gasteiger partial charge is 0.123 e. The summed E-state index contributed by atoms with van der Waals surface area (Å²) in [5.41, 5.74) is 6.60. The van der Waals surface area contributed by atoms with Crippen molar-refractivity contribution in [3.63, 3.8) is 0 Å². The number of halogens is 1. The summed E-state index contributed by atoms with van der Waals surface area (Å²) in [6.07, 6.45) is 3.11. The number of benzene rings is 1. The van der Waals surface area contributed by atoms with Crippen molar-refractivity contribution in [2.75, 3.05) is 13.2 Å². The zero-order valence-corrected chi connectivity index (χ0v) is 9.32. The van der Waals surface area contributed by atoms with Crippen LogP contribution < -0.4 is 5.73 Å². The first-order valence-corrected chi connectivity index (χ1v) is 5.78. The molecule has 1 aliphatic rings. The molecule has 0 spiro atoms. The summed E-state index contributed by atoms with van der Waals surface area (Å²) in [6.45, 7) is 0.607. The van der Waals surface area contributed by atoms with Crippen molar-refractivity contribution in [3.05, 3.63) is 35.6 Å². The molecule has 1 unspecified atom stereocenters. The van der Waals surface area contributed by atoms with Gasteiger partial charge in [0.05, 0.1) is 0 Å². The molecule has 3 heteroatoms. The first-order chi connectivity index (χ1) is 7.72. The Bertz CT molecular complexity index is 357. The van der Waals surface area contributed by atoms with Crippen molar-refractivity contribution in [2.24, 2.45) is 11.1 Å². The van der Waals surface area contributed by atoms with Gasteiger partial charge >= 0.3 is 0 Å². The average Bonchev–Trinajstić information content (AvgIpc) is 2.23. The maximum Gasteiger partial charge on any atom is 0.123 e. The Morgan fingerprint density at radius 3 is 2.62 bits per heavy atom. The van der Waals surface area contributed by atoms with Crippen LogP contribution in [0.25, 0.3) is 0 Å². The average molecular weight is 223 g/mol. The van der Waals surface area contributed by atoms with Crippen LogP contribution in [0.5, 0.6) is 0 Å². The fraction of sp³-hybridized carbons (Fsp3) is 0.538. The summed E-state index contributed by atoms with van der Waals surface area (Å²) < 4.78 is 13.2. The van der Waals surface area contributed by atoms with Gasteiger partial charge in [-0.25, -0.2) is 4.39 Å². The molecule has 1 fully saturated rings. The molecule has 1 saturated carbocycles. The topological polar surface area (TPSA) is 46.2 Å². The zero-order chi connectivity index (χ0) is 11.6. The number of hydrogen-bond donors (Lipinski definition) is 2. The van der Waals surface area contributed by atoms with Gasteiger partial charge < -0.3 is 10.8 Å². The van der Waals surface area contributed by atoms with Gasteiger partial charge in [-0.3, -0.25) is 0 Å². The number of aliphatic hydroxyl groups is 1. The van der Waals surface area contributed by atoms with Crippen molar-refractivity contribution in [2.45, 2.75) is 25.2 Å². The van der Waals surface area contributed by atoms with E-state index in [2.05, 4.69) is 0 Å². The van der Waals surface area contributed by atoms with Crippen molar-refractivity contribution >= 4 is 0 Å². The van der Waals surface area contributed by atoms with E-state index >= 15 is 0 Å². The van der Waals surface area contributed by atoms with Gasteiger partial charge in [0, 0.05) is 17.9 Å². The van der Waals surface area contributed by atoms with Crippen LogP contribution in [0.4, 0.5) is 4.39 Å². The zero-order valence-electron chi connectivity index (χ0n) is 9.32. The van der Waals surface area contributed by atoms with E-state index < -0.39 is 0 Å². The normalized spacial score (nSPS) is 20.2. The first-order valence-electron chi connectivity index (χ1n) is 5.78. The minimum Gasteiger partial charge on any atom is -0.396 e. The van der Waals surface area contributed by atoms with Gasteiger partial charge in [-0.1, -0.05) is 18.6 Å². The second-order valence-electron chi connectivity index (χ2n) is 4.72. The van der Waals surface area contributed by atoms with Gasteiger partial charge in [0.2, 0.25) is 0 Å². The Morgan fingerprint density at radius 1 is 1.44 bits per heavy atom. The van der Waals surface area contributed by atoms with Crippen LogP contribution in [-0.2, 0) is 0 Å². The molecule has 1 aromatic rings. The first kappa shape index (κ1) is 11.6. The molecule has 88 valence electrons. The molecule has 1 atom stereocenters. The minimum atomic E-state index is -0.233. The lowest BCUT2D eigenvalue weighted by atomic mass is 9.60. The summed E-state index contributed by atoms with van der Waals surface area (Å²) in [4.78, 5) is 0. The summed E-state index contributed by atoms with van der Waals surface area (Å²) in [5, 5.41) is 9.52. The highest BCUT2D eigenvalue weighted by molar-refractivity contribution is 5.24. The van der Waals surface area contributed by atoms with Crippen LogP contribution in [0, 0.1) is 11.2 Å². The van der Waals surface area contributed by atoms with Crippen LogP contribution in [0.3, 0.4) is 0 Å². The molecule has 1 aliphatic carbocycles. The van der Waals surface area contributed by atoms with Gasteiger partial charge in [-0.05, 0) is 37.1 Å². The second kappa shape index (κ2) is 4.52. The second-order valence-corrected chi connectivity index (χ2v) is 4.72. The van der Waals surface area contributed by atoms with Gasteiger partial charge in [0.15, 0.2) is 0 Å². The van der Waals surface area contributed by atoms with E-state index in [1.807, 2.05) is 6.07 Å². The largest absolute Gasteiger partial charge is 0.396 e. The highest BCUT2D eigenvalue weighted by atomic mass is 19.1. The molecule has 0 saturated heterocycles. The van der Waals surface area contributed by atoms with E-state index in [1.165, 1.54) is 12.1 Å². The van der Waals surface area contributed by atoms with E-state index in [-0.39, 0.29) is 23.8 Å². The van der Waals surface area contributed by atoms with E-state index in [4.69, 9.17) is 5.73 Å². The molecule has 16 heavy (non-hydrogen) atoms. The number of nitrogens with two attached hydrogens (primary N) is 1. The number of aliphatic hydroxyl groups excluding tert-OH is 1. The van der Waals surface area contributed by atoms with E-state index in [9.17, 15) is 9.50 Å². The van der Waals surface area contributed by atoms with Crippen LogP contribution in [0.2, 0.25) is 0 Å². The van der Waals surface area contributed by atoms with Crippen molar-refractivity contribution < 1.29 is 9.50 Å². The molecular formula is C13H18FNO. The molecule has 3 N–H and O–H groups in total. The predicted octanol–water partition coefficient (Wildman–Crippen LogP) is 2.03. The van der Waals surface area contributed by atoms with Gasteiger partial charge in [-0.2, -0.15) is 0 Å². The molecule has 2 nitrogen and oxygen atoms in total. The summed E-state index contributed by atoms with van der Waals surface area (Å²) >= 11 is 0. The van der Waals surface area contributed by atoms with Crippen molar-refractivity contribution in [1.82, 2.24) is 0 Å². The Balaban J connectivity index is 2.28. The SMILES string of the molecule is NCC(c1cccc(F)c1)C1(CO)CCC1. The Morgan fingerprint density at radius 2 is 2.19 bits per heavy atom. The van der Waals surface area contributed by atoms with E-state index in [1.54, 1.807) is 6.07 Å². The lowest BCUT2D eigenvalue weighted by molar-refractivity contribution is 0.0191. The van der Waals surface area contributed by atoms with Gasteiger partial charge in [0.25, 0.3) is 0 Å². The van der Waals surface area contributed by atoms with E-state index in [0.717, 1.165) is 24.8 Å². The third-order valence-electron chi connectivity index (χ3n) is 3.89. The van der Waals surface area contributed by atoms with Crippen molar-refractivity contribution in [1.29, 1.82) is 0 Å². The maximum atomic E-state index is 13.2. The molecular weight excluding hydrogens is 205 g/mol. The lowest BCUT2D eigenvalue weighted by Gasteiger charge is -2.46. The monoisotopic (exact) mass is 223 g/mol. The summed E-state index contributed by atoms with van der Waals surface area (Å²) in [6, 6.07) is 6.57. The molecule has 2 rings (SSSR count). The van der Waals surface area contributed by atoms with E-state index in [0.29, 0.717) is 6.54 Å². The standard InChI is InChI=1S/C13H18FNO/c14-11-4-1-3-10(7-11)12(8-15)13(9-16)5-2-6-13/h1,3-4,7,12,16H,2,5-6,8-9,15H2. The fourth-order valence-electron chi connectivity index (χ4n) is 2.71. The lowest BCUT2D eigenvalue weighted by Crippen LogP contribution is -2.42. The highest BCUT2D eigenvalue weighted by Gasteiger charge is 2.43. The third-order valence-corrected chi connectivity index (χ3v) is 3.89. The number of hydrogen-bond acceptors (Lipinski definition) is 2. The minimum absolute atomic E-state index is 0.0712. The van der Waals surface area contributed by atoms with Crippen molar-refractivity contribution in [3.8, 4) is 0 Å². The van der Waals surface area contributed by atoms with Gasteiger partial charge in [0.1, 0.15) is 5.82 Å². The third kappa shape index (κ3) is 1.85. The van der Waals surface area contributed by atoms with Crippen LogP contribution in [0.1, 0.15) is 30.7 Å². The molecule has 0 amide bonds. The quantitative estimate of drug-likeness (QED) is 0.820. The van der Waals surface area contributed by atoms with Gasteiger partial charge in [-0.15, -0.1) is 0 Å². The van der Waals surface area contributed by atoms with Crippen LogP contribution >= 0.6 is 0 Å². The summed E-state index contributed by atoms with van der Waals surface area (Å²) in [5.74, 6) is -0.162. The highest BCUT2D eigenvalue weighted by Crippen LogP contribution is 2.50. The van der Waals surface area contributed by atoms with Crippen LogP contribution in [0.15, 0.2) is 24.3 Å². The Kier molecular flexibility index (Phi) is 3.26. The predicted molar refractivity (Wildman–Crippen MR) is 61.6 cm³/mol. The molecule has 1 aromatic carbocycles. The molecule has 0 aromatic heterocycles. The summed E-state index contributed by atoms with van der Waals surface area (Å²) in [7, 11) is 0. The molecule has 0 radical (unpaired) electrons. The maximum absolute atomic E-state index is 13.2. The Labute approximate surface area is 95.3 Å². The Hall–Kier alpha value is -0.930. The molecule has 0 bridgehead atoms. The molecule has 0 aliphatic heterocycles. The molecule has 0 heterocycles. The number of rotatable bonds is 4. The van der Waals surface area contributed by atoms with Crippen LogP contribution in [-0.4, -0.2) is 18.3 Å².